The molecule has 4 nitrogen and oxygen atoms in total. The molecule has 0 unspecified atom stereocenters. The number of fused-ring (bicyclic) bond motifs is 1. The highest BCUT2D eigenvalue weighted by Gasteiger charge is 2.24. The summed E-state index contributed by atoms with van der Waals surface area (Å²) in [5.41, 5.74) is 0.908. The molecule has 1 heterocycles. The van der Waals surface area contributed by atoms with Crippen LogP contribution in [-0.2, 0) is 0 Å². The van der Waals surface area contributed by atoms with Gasteiger partial charge in [0.15, 0.2) is 0 Å². The Labute approximate surface area is 75.1 Å². The molecule has 0 saturated carbocycles. The van der Waals surface area contributed by atoms with Crippen molar-refractivity contribution in [3.05, 3.63) is 29.8 Å². The number of rotatable bonds is 0. The van der Waals surface area contributed by atoms with Gasteiger partial charge in [0.05, 0.1) is 0 Å². The monoisotopic (exact) mass is 179 g/mol. The molecule has 1 aromatic carbocycles. The minimum atomic E-state index is -0.847. The summed E-state index contributed by atoms with van der Waals surface area (Å²) in [5, 5.41) is 21.1. The lowest BCUT2D eigenvalue weighted by Gasteiger charge is -2.22. The van der Waals surface area contributed by atoms with Crippen molar-refractivity contribution in [2.24, 2.45) is 5.16 Å². The molecular weight excluding hydrogens is 170 g/mol. The Morgan fingerprint density at radius 3 is 2.92 bits per heavy atom. The van der Waals surface area contributed by atoms with Gasteiger partial charge in [0, 0.05) is 5.56 Å². The topological polar surface area (TPSA) is 62.1 Å². The quantitative estimate of drug-likeness (QED) is 0.453. The average Bonchev–Trinajstić information content (AvgIpc) is 2.18. The number of ether oxygens (including phenoxy) is 1. The van der Waals surface area contributed by atoms with E-state index in [1.54, 1.807) is 18.2 Å². The van der Waals surface area contributed by atoms with Crippen LogP contribution in [-0.4, -0.2) is 28.7 Å². The molecule has 0 spiro atoms. The Morgan fingerprint density at radius 2 is 2.15 bits per heavy atom. The van der Waals surface area contributed by atoms with Crippen molar-refractivity contribution in [1.82, 2.24) is 0 Å². The molecule has 0 fully saturated rings. The van der Waals surface area contributed by atoms with Gasteiger partial charge in [-0.05, 0) is 12.1 Å². The number of benzene rings is 1. The summed E-state index contributed by atoms with van der Waals surface area (Å²) in [7, 11) is 0. The third kappa shape index (κ3) is 1.25. The fourth-order valence-electron chi connectivity index (χ4n) is 1.35. The van der Waals surface area contributed by atoms with Crippen molar-refractivity contribution in [3.8, 4) is 5.75 Å². The van der Waals surface area contributed by atoms with Crippen molar-refractivity contribution >= 4 is 5.71 Å². The predicted molar refractivity (Wildman–Crippen MR) is 46.3 cm³/mol. The van der Waals surface area contributed by atoms with E-state index in [1.165, 1.54) is 0 Å². The number of para-hydroxylation sites is 1. The highest BCUT2D eigenvalue weighted by Crippen LogP contribution is 2.24. The third-order valence-corrected chi connectivity index (χ3v) is 1.98. The first-order valence-corrected chi connectivity index (χ1v) is 3.95. The van der Waals surface area contributed by atoms with Gasteiger partial charge in [-0.2, -0.15) is 0 Å². The Morgan fingerprint density at radius 1 is 1.38 bits per heavy atom. The Balaban J connectivity index is 2.52. The maximum atomic E-state index is 9.40. The lowest BCUT2D eigenvalue weighted by molar-refractivity contribution is 0.146. The molecule has 68 valence electrons. The molecule has 1 aliphatic rings. The van der Waals surface area contributed by atoms with E-state index in [-0.39, 0.29) is 12.3 Å². The molecule has 2 N–H and O–H groups in total. The SMILES string of the molecule is ON=C1c2ccccc2OC[C@H]1O. The summed E-state index contributed by atoms with van der Waals surface area (Å²) < 4.78 is 5.23. The molecule has 4 heteroatoms. The lowest BCUT2D eigenvalue weighted by Crippen LogP contribution is -2.33. The van der Waals surface area contributed by atoms with E-state index in [0.717, 1.165) is 0 Å². The summed E-state index contributed by atoms with van der Waals surface area (Å²) in [6.45, 7) is 0.135. The summed E-state index contributed by atoms with van der Waals surface area (Å²) >= 11 is 0. The second-order valence-electron chi connectivity index (χ2n) is 2.81. The zero-order valence-corrected chi connectivity index (χ0v) is 6.84. The van der Waals surface area contributed by atoms with E-state index >= 15 is 0 Å². The van der Waals surface area contributed by atoms with E-state index in [0.29, 0.717) is 11.3 Å². The molecule has 1 aromatic rings. The van der Waals surface area contributed by atoms with Gasteiger partial charge in [-0.25, -0.2) is 0 Å². The first kappa shape index (κ1) is 8.07. The number of hydrogen-bond donors (Lipinski definition) is 2. The highest BCUT2D eigenvalue weighted by atomic mass is 16.5. The second kappa shape index (κ2) is 3.06. The number of aliphatic hydroxyl groups is 1. The summed E-state index contributed by atoms with van der Waals surface area (Å²) in [5.74, 6) is 0.639. The van der Waals surface area contributed by atoms with Gasteiger partial charge in [-0.15, -0.1) is 0 Å². The van der Waals surface area contributed by atoms with Crippen molar-refractivity contribution in [3.63, 3.8) is 0 Å². The normalized spacial score (nSPS) is 23.8. The van der Waals surface area contributed by atoms with Gasteiger partial charge in [-0.1, -0.05) is 17.3 Å². The van der Waals surface area contributed by atoms with Gasteiger partial charge >= 0.3 is 0 Å². The fraction of sp³-hybridized carbons (Fsp3) is 0.222. The number of hydrogen-bond acceptors (Lipinski definition) is 4. The van der Waals surface area contributed by atoms with Crippen molar-refractivity contribution in [1.29, 1.82) is 0 Å². The molecular formula is C9H9NO3. The van der Waals surface area contributed by atoms with Crippen LogP contribution in [0.1, 0.15) is 5.56 Å². The maximum absolute atomic E-state index is 9.40. The fourth-order valence-corrected chi connectivity index (χ4v) is 1.35. The molecule has 1 aliphatic heterocycles. The number of oxime groups is 1. The van der Waals surface area contributed by atoms with Crippen LogP contribution < -0.4 is 4.74 Å². The first-order valence-electron chi connectivity index (χ1n) is 3.95. The van der Waals surface area contributed by atoms with Crippen molar-refractivity contribution in [2.45, 2.75) is 6.10 Å². The van der Waals surface area contributed by atoms with Crippen LogP contribution in [0.4, 0.5) is 0 Å². The zero-order valence-electron chi connectivity index (χ0n) is 6.84. The van der Waals surface area contributed by atoms with Crippen LogP contribution in [0.5, 0.6) is 5.75 Å². The molecule has 0 saturated heterocycles. The lowest BCUT2D eigenvalue weighted by atomic mass is 10.0. The molecule has 0 aromatic heterocycles. The zero-order chi connectivity index (χ0) is 9.26. The number of aliphatic hydroxyl groups excluding tert-OH is 1. The van der Waals surface area contributed by atoms with Crippen LogP contribution in [0, 0.1) is 0 Å². The average molecular weight is 179 g/mol. The van der Waals surface area contributed by atoms with E-state index in [9.17, 15) is 5.11 Å². The smallest absolute Gasteiger partial charge is 0.134 e. The van der Waals surface area contributed by atoms with Gasteiger partial charge in [0.25, 0.3) is 0 Å². The molecule has 2 rings (SSSR count). The molecule has 0 bridgehead atoms. The van der Waals surface area contributed by atoms with Gasteiger partial charge in [0.1, 0.15) is 24.2 Å². The molecule has 0 amide bonds. The predicted octanol–water partition coefficient (Wildman–Crippen LogP) is 0.618. The summed E-state index contributed by atoms with van der Waals surface area (Å²) in [6, 6.07) is 7.14. The summed E-state index contributed by atoms with van der Waals surface area (Å²) in [6.07, 6.45) is -0.847. The Hall–Kier alpha value is -1.55. The van der Waals surface area contributed by atoms with Gasteiger partial charge in [-0.3, -0.25) is 0 Å². The Bertz CT molecular complexity index is 348. The van der Waals surface area contributed by atoms with Gasteiger partial charge < -0.3 is 15.1 Å². The highest BCUT2D eigenvalue weighted by molar-refractivity contribution is 6.06. The number of nitrogens with zero attached hydrogens (tertiary/aromatic N) is 1. The molecule has 0 radical (unpaired) electrons. The minimum Gasteiger partial charge on any atom is -0.490 e. The van der Waals surface area contributed by atoms with Crippen LogP contribution >= 0.6 is 0 Å². The van der Waals surface area contributed by atoms with E-state index < -0.39 is 6.10 Å². The largest absolute Gasteiger partial charge is 0.490 e. The van der Waals surface area contributed by atoms with Crippen LogP contribution in [0.2, 0.25) is 0 Å². The Kier molecular flexibility index (Phi) is 1.90. The van der Waals surface area contributed by atoms with Crippen molar-refractivity contribution < 1.29 is 15.1 Å². The van der Waals surface area contributed by atoms with Crippen LogP contribution in [0.25, 0.3) is 0 Å². The van der Waals surface area contributed by atoms with Gasteiger partial charge in [0.2, 0.25) is 0 Å². The molecule has 0 aliphatic carbocycles. The maximum Gasteiger partial charge on any atom is 0.134 e. The van der Waals surface area contributed by atoms with E-state index in [2.05, 4.69) is 5.16 Å². The standard InChI is InChI=1S/C9H9NO3/c11-7-5-13-8-4-2-1-3-6(8)9(7)10-12/h1-4,7,11-12H,5H2/t7-/m1/s1. The first-order chi connectivity index (χ1) is 6.33. The van der Waals surface area contributed by atoms with E-state index in [4.69, 9.17) is 9.94 Å². The molecule has 13 heavy (non-hydrogen) atoms. The van der Waals surface area contributed by atoms with Crippen LogP contribution in [0.3, 0.4) is 0 Å². The van der Waals surface area contributed by atoms with Crippen LogP contribution in [0.15, 0.2) is 29.4 Å². The third-order valence-electron chi connectivity index (χ3n) is 1.98. The second-order valence-corrected chi connectivity index (χ2v) is 2.81. The molecule has 1 atom stereocenters. The minimum absolute atomic E-state index is 0.135. The van der Waals surface area contributed by atoms with E-state index in [1.807, 2.05) is 6.07 Å². The van der Waals surface area contributed by atoms with Crippen molar-refractivity contribution in [2.75, 3.05) is 6.61 Å². The summed E-state index contributed by atoms with van der Waals surface area (Å²) in [4.78, 5) is 0.